The molecule has 386 valence electrons. The number of aromatic nitrogens is 12. The summed E-state index contributed by atoms with van der Waals surface area (Å²) in [6.07, 6.45) is 5.60. The number of hydrogen-bond acceptors (Lipinski definition) is 12. The molecule has 1 aliphatic rings. The van der Waals surface area contributed by atoms with E-state index in [1.54, 1.807) is 35.1 Å². The Kier molecular flexibility index (Phi) is 18.9. The minimum absolute atomic E-state index is 0.0434. The van der Waals surface area contributed by atoms with Gasteiger partial charge in [0.15, 0.2) is 11.4 Å². The van der Waals surface area contributed by atoms with Crippen LogP contribution in [0.5, 0.6) is 0 Å². The molecule has 8 heterocycles. The minimum Gasteiger partial charge on any atom is -0.275 e. The molecular weight excluding hydrogens is 999 g/mol. The third kappa shape index (κ3) is 14.1. The summed E-state index contributed by atoms with van der Waals surface area (Å²) >= 11 is 6.12. The fourth-order valence-electron chi connectivity index (χ4n) is 6.90. The van der Waals surface area contributed by atoms with Crippen LogP contribution in [0, 0.1) is 13.8 Å². The standard InChI is InChI=1S/C13H17N3S.C12H17N3S.2C11H12F3N3S.C2H6/c1-8(2)11-6-14-13(17-11)10-7-16(3)15-12(10)9-4-5-9;1-7(2)10-6-13-12(16-10)11-8(3)14-15(5)9(11)4;1-6(2)8-4-15-10(18-8)7-5-17(3)16-9(7)11(12,13)14;1-6(2)8-5-15-10(18-8)7-4-16-17(3)9(7)11(12,13)14;1-2/h6-9H,4-5H2,1-3H3;6-7H,1-5H3;2*4-6H,1-3H3;1-2H3. The smallest absolute Gasteiger partial charge is 0.275 e. The topological polar surface area (TPSA) is 123 Å². The zero-order valence-corrected chi connectivity index (χ0v) is 46.4. The van der Waals surface area contributed by atoms with Crippen molar-refractivity contribution in [1.29, 1.82) is 0 Å². The van der Waals surface area contributed by atoms with Crippen LogP contribution >= 0.6 is 45.3 Å². The molecule has 1 saturated carbocycles. The van der Waals surface area contributed by atoms with Gasteiger partial charge in [-0.3, -0.25) is 18.7 Å². The lowest BCUT2D eigenvalue weighted by molar-refractivity contribution is -0.143. The molecule has 1 aliphatic carbocycles. The van der Waals surface area contributed by atoms with Crippen molar-refractivity contribution in [3.05, 3.63) is 91.4 Å². The Morgan fingerprint density at radius 1 is 0.521 bits per heavy atom. The molecule has 0 amide bonds. The van der Waals surface area contributed by atoms with E-state index in [0.29, 0.717) is 27.8 Å². The Labute approximate surface area is 428 Å². The van der Waals surface area contributed by atoms with Gasteiger partial charge in [-0.25, -0.2) is 19.9 Å². The number of thiazole rings is 4. The van der Waals surface area contributed by atoms with Gasteiger partial charge in [0.05, 0.1) is 39.8 Å². The maximum atomic E-state index is 12.9. The van der Waals surface area contributed by atoms with E-state index >= 15 is 0 Å². The van der Waals surface area contributed by atoms with E-state index in [4.69, 9.17) is 0 Å². The molecule has 22 heteroatoms. The SMILES string of the molecule is CC.CC(C)c1cnc(-c2cn(C)nc2C(F)(F)F)s1.CC(C)c1cnc(-c2cn(C)nc2C2CC2)s1.CC(C)c1cnc(-c2cnn(C)c2C(F)(F)F)s1.Cc1nn(C)c(C)c1-c1ncc(C(C)C)s1. The quantitative estimate of drug-likeness (QED) is 0.131. The second kappa shape index (κ2) is 23.7. The molecule has 0 bridgehead atoms. The Hall–Kier alpha value is -5.06. The lowest BCUT2D eigenvalue weighted by Crippen LogP contribution is -2.12. The maximum Gasteiger partial charge on any atom is 0.435 e. The third-order valence-electron chi connectivity index (χ3n) is 10.9. The Morgan fingerprint density at radius 2 is 0.930 bits per heavy atom. The van der Waals surface area contributed by atoms with Crippen molar-refractivity contribution < 1.29 is 26.3 Å². The molecule has 0 spiro atoms. The van der Waals surface area contributed by atoms with E-state index in [1.807, 2.05) is 84.3 Å². The van der Waals surface area contributed by atoms with E-state index in [0.717, 1.165) is 34.8 Å². The van der Waals surface area contributed by atoms with Crippen LogP contribution in [0.15, 0.2) is 43.4 Å². The van der Waals surface area contributed by atoms with Gasteiger partial charge < -0.3 is 0 Å². The van der Waals surface area contributed by atoms with Crippen molar-refractivity contribution in [2.45, 2.75) is 138 Å². The zero-order valence-electron chi connectivity index (χ0n) is 43.1. The molecule has 9 rings (SSSR count). The molecular formula is C49H64F6N12S4. The number of halogens is 6. The largest absolute Gasteiger partial charge is 0.435 e. The molecule has 0 atom stereocenters. The summed E-state index contributed by atoms with van der Waals surface area (Å²) in [6.45, 7) is 24.8. The first-order valence-corrected chi connectivity index (χ1v) is 26.6. The summed E-state index contributed by atoms with van der Waals surface area (Å²) in [5, 5.41) is 19.1. The first kappa shape index (κ1) is 56.8. The summed E-state index contributed by atoms with van der Waals surface area (Å²) < 4.78 is 83.0. The van der Waals surface area contributed by atoms with Crippen LogP contribution in [0.1, 0.15) is 160 Å². The van der Waals surface area contributed by atoms with Crippen LogP contribution in [-0.4, -0.2) is 59.1 Å². The van der Waals surface area contributed by atoms with Crippen molar-refractivity contribution in [1.82, 2.24) is 59.1 Å². The molecule has 0 N–H and O–H groups in total. The second-order valence-electron chi connectivity index (χ2n) is 18.0. The van der Waals surface area contributed by atoms with E-state index in [2.05, 4.69) is 81.1 Å². The van der Waals surface area contributed by atoms with Gasteiger partial charge in [-0.05, 0) is 50.4 Å². The van der Waals surface area contributed by atoms with Crippen LogP contribution in [0.2, 0.25) is 0 Å². The Balaban J connectivity index is 0.000000174. The highest BCUT2D eigenvalue weighted by atomic mass is 32.1. The molecule has 8 aromatic rings. The summed E-state index contributed by atoms with van der Waals surface area (Å²) in [4.78, 5) is 21.8. The van der Waals surface area contributed by atoms with Crippen LogP contribution in [0.4, 0.5) is 26.3 Å². The van der Waals surface area contributed by atoms with Gasteiger partial charge in [0.2, 0.25) is 0 Å². The maximum absolute atomic E-state index is 12.9. The number of rotatable bonds is 9. The lowest BCUT2D eigenvalue weighted by atomic mass is 10.2. The number of alkyl halides is 6. The van der Waals surface area contributed by atoms with E-state index < -0.39 is 23.7 Å². The second-order valence-corrected chi connectivity index (χ2v) is 22.3. The average Bonchev–Trinajstić information content (AvgIpc) is 4.08. The van der Waals surface area contributed by atoms with Crippen molar-refractivity contribution in [2.75, 3.05) is 0 Å². The molecule has 71 heavy (non-hydrogen) atoms. The first-order chi connectivity index (χ1) is 33.2. The van der Waals surface area contributed by atoms with E-state index in [-0.39, 0.29) is 23.0 Å². The zero-order chi connectivity index (χ0) is 52.9. The van der Waals surface area contributed by atoms with Crippen molar-refractivity contribution >= 4 is 45.3 Å². The lowest BCUT2D eigenvalue weighted by Gasteiger charge is -2.08. The van der Waals surface area contributed by atoms with E-state index in [9.17, 15) is 26.3 Å². The molecule has 0 aliphatic heterocycles. The fraction of sp³-hybridized carbons (Fsp3) is 0.510. The predicted octanol–water partition coefficient (Wildman–Crippen LogP) is 15.2. The summed E-state index contributed by atoms with van der Waals surface area (Å²) in [5.41, 5.74) is 4.38. The monoisotopic (exact) mass is 1060 g/mol. The number of nitrogens with zero attached hydrogens (tertiary/aromatic N) is 12. The molecule has 0 unspecified atom stereocenters. The molecule has 0 aromatic carbocycles. The summed E-state index contributed by atoms with van der Waals surface area (Å²) in [7, 11) is 6.72. The molecule has 12 nitrogen and oxygen atoms in total. The molecule has 0 saturated heterocycles. The molecule has 8 aromatic heterocycles. The average molecular weight is 1060 g/mol. The third-order valence-corrected chi connectivity index (χ3v) is 16.2. The van der Waals surface area contributed by atoms with Crippen molar-refractivity contribution in [2.24, 2.45) is 28.2 Å². The highest BCUT2D eigenvalue weighted by Gasteiger charge is 2.39. The van der Waals surface area contributed by atoms with Gasteiger partial charge >= 0.3 is 12.4 Å². The van der Waals surface area contributed by atoms with Crippen molar-refractivity contribution in [3.63, 3.8) is 0 Å². The summed E-state index contributed by atoms with van der Waals surface area (Å²) in [5.74, 6) is 2.29. The highest BCUT2D eigenvalue weighted by Crippen LogP contribution is 2.45. The van der Waals surface area contributed by atoms with Crippen LogP contribution in [0.25, 0.3) is 42.3 Å². The fourth-order valence-corrected chi connectivity index (χ4v) is 10.8. The molecule has 1 fully saturated rings. The van der Waals surface area contributed by atoms with Gasteiger partial charge in [-0.1, -0.05) is 69.2 Å². The highest BCUT2D eigenvalue weighted by molar-refractivity contribution is 7.16. The van der Waals surface area contributed by atoms with Gasteiger partial charge in [0.25, 0.3) is 0 Å². The van der Waals surface area contributed by atoms with Crippen LogP contribution < -0.4 is 0 Å². The van der Waals surface area contributed by atoms with Gasteiger partial charge in [0, 0.05) is 96.5 Å². The van der Waals surface area contributed by atoms with Crippen LogP contribution in [0.3, 0.4) is 0 Å². The number of aryl methyl sites for hydroxylation is 5. The van der Waals surface area contributed by atoms with Gasteiger partial charge in [0.1, 0.15) is 20.0 Å². The van der Waals surface area contributed by atoms with E-state index in [1.165, 1.54) is 94.3 Å². The number of hydrogen-bond donors (Lipinski definition) is 0. The minimum atomic E-state index is -4.46. The van der Waals surface area contributed by atoms with Crippen molar-refractivity contribution in [3.8, 4) is 42.3 Å². The normalized spacial score (nSPS) is 12.7. The Bertz CT molecular complexity index is 2900. The van der Waals surface area contributed by atoms with Gasteiger partial charge in [-0.2, -0.15) is 46.7 Å². The predicted molar refractivity (Wildman–Crippen MR) is 276 cm³/mol. The molecule has 0 radical (unpaired) electrons. The van der Waals surface area contributed by atoms with Crippen LogP contribution in [-0.2, 0) is 40.5 Å². The van der Waals surface area contributed by atoms with Gasteiger partial charge in [-0.15, -0.1) is 45.3 Å². The summed E-state index contributed by atoms with van der Waals surface area (Å²) in [6, 6.07) is 0. The first-order valence-electron chi connectivity index (χ1n) is 23.3. The Morgan fingerprint density at radius 3 is 1.32 bits per heavy atom.